The summed E-state index contributed by atoms with van der Waals surface area (Å²) in [6.07, 6.45) is 2.98. The molecule has 0 bridgehead atoms. The van der Waals surface area contributed by atoms with Crippen molar-refractivity contribution in [1.29, 1.82) is 0 Å². The molecule has 0 aromatic carbocycles. The second-order valence-electron chi connectivity index (χ2n) is 4.57. The van der Waals surface area contributed by atoms with Gasteiger partial charge < -0.3 is 5.32 Å². The Morgan fingerprint density at radius 1 is 1.39 bits per heavy atom. The molecule has 18 heavy (non-hydrogen) atoms. The molecule has 0 spiro atoms. The van der Waals surface area contributed by atoms with Gasteiger partial charge in [-0.1, -0.05) is 6.07 Å². The summed E-state index contributed by atoms with van der Waals surface area (Å²) in [5, 5.41) is 3.35. The van der Waals surface area contributed by atoms with Crippen molar-refractivity contribution in [2.75, 3.05) is 13.1 Å². The van der Waals surface area contributed by atoms with Gasteiger partial charge in [-0.15, -0.1) is 0 Å². The number of aldehydes is 1. The Balaban J connectivity index is 2.18. The first-order valence-electron chi connectivity index (χ1n) is 6.14. The third-order valence-corrected chi connectivity index (χ3v) is 4.10. The summed E-state index contributed by atoms with van der Waals surface area (Å²) >= 11 is 3.55. The highest BCUT2D eigenvalue weighted by molar-refractivity contribution is 9.10. The molecule has 0 radical (unpaired) electrons. The number of rotatable bonds is 2. The van der Waals surface area contributed by atoms with Gasteiger partial charge in [0.15, 0.2) is 6.29 Å². The van der Waals surface area contributed by atoms with Crippen molar-refractivity contribution in [2.45, 2.75) is 18.8 Å². The molecule has 1 aliphatic rings. The highest BCUT2D eigenvalue weighted by Crippen LogP contribution is 2.28. The van der Waals surface area contributed by atoms with E-state index in [2.05, 4.69) is 30.6 Å². The molecule has 5 heteroatoms. The minimum Gasteiger partial charge on any atom is -0.317 e. The van der Waals surface area contributed by atoms with Gasteiger partial charge in [-0.05, 0) is 54.0 Å². The van der Waals surface area contributed by atoms with Gasteiger partial charge >= 0.3 is 0 Å². The number of pyridine rings is 1. The molecule has 2 aromatic rings. The molecule has 4 nitrogen and oxygen atoms in total. The maximum atomic E-state index is 11.1. The molecular formula is C13H14BrN3O. The zero-order chi connectivity index (χ0) is 12.5. The maximum Gasteiger partial charge on any atom is 0.170 e. The fraction of sp³-hybridized carbons (Fsp3) is 0.385. The van der Waals surface area contributed by atoms with E-state index in [1.54, 1.807) is 0 Å². The van der Waals surface area contributed by atoms with Crippen molar-refractivity contribution >= 4 is 27.7 Å². The van der Waals surface area contributed by atoms with Crippen molar-refractivity contribution in [2.24, 2.45) is 0 Å². The lowest BCUT2D eigenvalue weighted by atomic mass is 9.97. The van der Waals surface area contributed by atoms with Crippen LogP contribution in [0.15, 0.2) is 22.8 Å². The summed E-state index contributed by atoms with van der Waals surface area (Å²) in [4.78, 5) is 15.7. The second-order valence-corrected chi connectivity index (χ2v) is 5.38. The smallest absolute Gasteiger partial charge is 0.170 e. The first kappa shape index (κ1) is 11.9. The van der Waals surface area contributed by atoms with Crippen molar-refractivity contribution in [3.05, 3.63) is 34.3 Å². The Hall–Kier alpha value is -1.20. The first-order chi connectivity index (χ1) is 8.81. The lowest BCUT2D eigenvalue weighted by Gasteiger charge is -2.21. The topological polar surface area (TPSA) is 46.4 Å². The second kappa shape index (κ2) is 4.82. The molecule has 0 aliphatic carbocycles. The number of imidazole rings is 1. The van der Waals surface area contributed by atoms with Crippen LogP contribution in [0.1, 0.15) is 35.1 Å². The van der Waals surface area contributed by atoms with E-state index in [1.165, 1.54) is 0 Å². The van der Waals surface area contributed by atoms with Gasteiger partial charge in [0.1, 0.15) is 11.5 Å². The van der Waals surface area contributed by atoms with E-state index < -0.39 is 0 Å². The molecule has 3 rings (SSSR count). The summed E-state index contributed by atoms with van der Waals surface area (Å²) in [6, 6.07) is 5.85. The monoisotopic (exact) mass is 307 g/mol. The Bertz CT molecular complexity index is 587. The molecule has 0 unspecified atom stereocenters. The van der Waals surface area contributed by atoms with Gasteiger partial charge in [-0.3, -0.25) is 9.20 Å². The lowest BCUT2D eigenvalue weighted by Crippen LogP contribution is -2.27. The quantitative estimate of drug-likeness (QED) is 0.684. The van der Waals surface area contributed by atoms with E-state index in [9.17, 15) is 4.79 Å². The summed E-state index contributed by atoms with van der Waals surface area (Å²) in [7, 11) is 0. The highest BCUT2D eigenvalue weighted by atomic mass is 79.9. The normalized spacial score (nSPS) is 17.2. The van der Waals surface area contributed by atoms with E-state index in [0.29, 0.717) is 11.6 Å². The number of hydrogen-bond donors (Lipinski definition) is 1. The number of piperidine rings is 1. The van der Waals surface area contributed by atoms with E-state index in [-0.39, 0.29) is 0 Å². The SMILES string of the molecule is O=Cc1nc(C2CCNCC2)n2c(Br)cccc12. The number of fused-ring (bicyclic) bond motifs is 1. The number of aromatic nitrogens is 2. The molecule has 1 aliphatic heterocycles. The Kier molecular flexibility index (Phi) is 3.18. The minimum atomic E-state index is 0.422. The van der Waals surface area contributed by atoms with Crippen LogP contribution in [0.3, 0.4) is 0 Å². The molecule has 1 N–H and O–H groups in total. The van der Waals surface area contributed by atoms with Gasteiger partial charge in [-0.2, -0.15) is 0 Å². The van der Waals surface area contributed by atoms with E-state index >= 15 is 0 Å². The molecule has 94 valence electrons. The molecule has 0 atom stereocenters. The largest absolute Gasteiger partial charge is 0.317 e. The van der Waals surface area contributed by atoms with Gasteiger partial charge in [0.25, 0.3) is 0 Å². The number of hydrogen-bond acceptors (Lipinski definition) is 3. The van der Waals surface area contributed by atoms with Crippen molar-refractivity contribution in [3.8, 4) is 0 Å². The van der Waals surface area contributed by atoms with Crippen molar-refractivity contribution in [1.82, 2.24) is 14.7 Å². The summed E-state index contributed by atoms with van der Waals surface area (Å²) < 4.78 is 3.01. The predicted octanol–water partition coefficient (Wildman–Crippen LogP) is 2.38. The summed E-state index contributed by atoms with van der Waals surface area (Å²) in [6.45, 7) is 2.03. The van der Waals surface area contributed by atoms with E-state index in [0.717, 1.165) is 48.2 Å². The third kappa shape index (κ3) is 1.87. The molecule has 3 heterocycles. The summed E-state index contributed by atoms with van der Waals surface area (Å²) in [5.74, 6) is 1.42. The lowest BCUT2D eigenvalue weighted by molar-refractivity contribution is 0.112. The molecule has 0 amide bonds. The number of nitrogens with zero attached hydrogens (tertiary/aromatic N) is 2. The molecule has 0 saturated carbocycles. The Morgan fingerprint density at radius 2 is 2.17 bits per heavy atom. The number of nitrogens with one attached hydrogen (secondary N) is 1. The number of carbonyl (C=O) groups is 1. The number of carbonyl (C=O) groups excluding carboxylic acids is 1. The van der Waals surface area contributed by atoms with Crippen LogP contribution in [0.4, 0.5) is 0 Å². The van der Waals surface area contributed by atoms with Crippen LogP contribution in [0, 0.1) is 0 Å². The summed E-state index contributed by atoms with van der Waals surface area (Å²) in [5.41, 5.74) is 1.41. The van der Waals surface area contributed by atoms with Crippen LogP contribution < -0.4 is 5.32 Å². The van der Waals surface area contributed by atoms with Crippen LogP contribution in [0.5, 0.6) is 0 Å². The molecule has 2 aromatic heterocycles. The van der Waals surface area contributed by atoms with Crippen LogP contribution in [-0.4, -0.2) is 28.8 Å². The van der Waals surface area contributed by atoms with E-state index in [1.807, 2.05) is 18.2 Å². The fourth-order valence-electron chi connectivity index (χ4n) is 2.59. The predicted molar refractivity (Wildman–Crippen MR) is 73.1 cm³/mol. The van der Waals surface area contributed by atoms with E-state index in [4.69, 9.17) is 0 Å². The molecule has 1 fully saturated rings. The minimum absolute atomic E-state index is 0.422. The first-order valence-corrected chi connectivity index (χ1v) is 6.93. The Morgan fingerprint density at radius 3 is 2.89 bits per heavy atom. The standard InChI is InChI=1S/C13H14BrN3O/c14-12-3-1-2-11-10(8-18)16-13(17(11)12)9-4-6-15-7-5-9/h1-3,8-9,15H,4-7H2. The van der Waals surface area contributed by atoms with Crippen LogP contribution in [0.2, 0.25) is 0 Å². The van der Waals surface area contributed by atoms with Gasteiger partial charge in [0.2, 0.25) is 0 Å². The van der Waals surface area contributed by atoms with Crippen LogP contribution in [-0.2, 0) is 0 Å². The van der Waals surface area contributed by atoms with Gasteiger partial charge in [0.05, 0.1) is 10.1 Å². The molecular weight excluding hydrogens is 294 g/mol. The number of halogens is 1. The van der Waals surface area contributed by atoms with Crippen LogP contribution in [0.25, 0.3) is 5.52 Å². The van der Waals surface area contributed by atoms with Crippen LogP contribution >= 0.6 is 15.9 Å². The van der Waals surface area contributed by atoms with Gasteiger partial charge in [-0.25, -0.2) is 4.98 Å². The zero-order valence-corrected chi connectivity index (χ0v) is 11.5. The average molecular weight is 308 g/mol. The molecule has 1 saturated heterocycles. The highest BCUT2D eigenvalue weighted by Gasteiger charge is 2.22. The zero-order valence-electron chi connectivity index (χ0n) is 9.90. The third-order valence-electron chi connectivity index (χ3n) is 3.48. The van der Waals surface area contributed by atoms with Gasteiger partial charge in [0, 0.05) is 5.92 Å². The van der Waals surface area contributed by atoms with Crippen molar-refractivity contribution in [3.63, 3.8) is 0 Å². The maximum absolute atomic E-state index is 11.1. The Labute approximate surface area is 114 Å². The average Bonchev–Trinajstić information content (AvgIpc) is 2.80. The fourth-order valence-corrected chi connectivity index (χ4v) is 3.11. The van der Waals surface area contributed by atoms with Crippen molar-refractivity contribution < 1.29 is 4.79 Å².